The largest absolute Gasteiger partial charge is 0.435 e. The molecule has 0 N–H and O–H groups in total. The summed E-state index contributed by atoms with van der Waals surface area (Å²) < 4.78 is 12.3. The van der Waals surface area contributed by atoms with Gasteiger partial charge in [0.25, 0.3) is 0 Å². The van der Waals surface area contributed by atoms with Crippen molar-refractivity contribution in [2.45, 2.75) is 84.7 Å². The molecule has 0 aromatic rings. The van der Waals surface area contributed by atoms with Crippen molar-refractivity contribution in [1.29, 1.82) is 0 Å². The number of likely N-dealkylation sites (tertiary alicyclic amines) is 1. The molecule has 3 rings (SSSR count). The Morgan fingerprint density at radius 2 is 2.04 bits per heavy atom. The molecule has 24 heavy (non-hydrogen) atoms. The molecule has 0 unspecified atom stereocenters. The van der Waals surface area contributed by atoms with E-state index in [0.717, 1.165) is 19.4 Å². The van der Waals surface area contributed by atoms with Crippen molar-refractivity contribution in [3.05, 3.63) is 0 Å². The number of ether oxygens (including phenoxy) is 2. The molecule has 3 aliphatic rings. The van der Waals surface area contributed by atoms with Gasteiger partial charge < -0.3 is 14.4 Å². The smallest absolute Gasteiger partial charge is 0.308 e. The number of carbonyl (C=O) groups is 1. The topological polar surface area (TPSA) is 38.8 Å². The second-order valence-corrected chi connectivity index (χ2v) is 9.14. The highest BCUT2D eigenvalue weighted by Crippen LogP contribution is 2.47. The van der Waals surface area contributed by atoms with Gasteiger partial charge in [-0.3, -0.25) is 4.79 Å². The van der Waals surface area contributed by atoms with E-state index in [9.17, 15) is 4.79 Å². The fourth-order valence-electron chi connectivity index (χ4n) is 5.32. The fraction of sp³-hybridized carbons (Fsp3) is 0.950. The molecule has 0 spiro atoms. The fourth-order valence-corrected chi connectivity index (χ4v) is 5.32. The van der Waals surface area contributed by atoms with Crippen LogP contribution in [0.25, 0.3) is 0 Å². The van der Waals surface area contributed by atoms with Crippen LogP contribution in [0.15, 0.2) is 0 Å². The lowest BCUT2D eigenvalue weighted by Crippen LogP contribution is -2.49. The van der Waals surface area contributed by atoms with Gasteiger partial charge in [0.05, 0.1) is 17.9 Å². The van der Waals surface area contributed by atoms with E-state index >= 15 is 0 Å². The maximum absolute atomic E-state index is 12.1. The zero-order chi connectivity index (χ0) is 17.5. The summed E-state index contributed by atoms with van der Waals surface area (Å²) in [6.07, 6.45) is 6.27. The van der Waals surface area contributed by atoms with Crippen molar-refractivity contribution in [3.63, 3.8) is 0 Å². The highest BCUT2D eigenvalue weighted by Gasteiger charge is 2.54. The quantitative estimate of drug-likeness (QED) is 0.731. The van der Waals surface area contributed by atoms with Crippen LogP contribution in [0.2, 0.25) is 0 Å². The standard InChI is InChI=1S/C20H35NO3/c1-13(2)15-9-8-14(3)11-16(15)23-19-20(4,12-18(22)24-19)17-7-6-10-21(17)5/h13-17,19H,6-12H2,1-5H3/t14-,15+,16-,17-,19+,20-/m1/s1. The minimum Gasteiger partial charge on any atom is -0.435 e. The molecule has 2 saturated heterocycles. The molecule has 0 aromatic heterocycles. The van der Waals surface area contributed by atoms with Crippen LogP contribution in [0.1, 0.15) is 66.2 Å². The molecule has 2 aliphatic heterocycles. The normalized spacial score (nSPS) is 44.2. The van der Waals surface area contributed by atoms with Crippen molar-refractivity contribution < 1.29 is 14.3 Å². The Hall–Kier alpha value is -0.610. The molecule has 0 bridgehead atoms. The zero-order valence-electron chi connectivity index (χ0n) is 16.1. The number of carbonyl (C=O) groups excluding carboxylic acids is 1. The van der Waals surface area contributed by atoms with E-state index in [4.69, 9.17) is 9.47 Å². The van der Waals surface area contributed by atoms with Gasteiger partial charge in [0.1, 0.15) is 0 Å². The van der Waals surface area contributed by atoms with Crippen LogP contribution in [-0.2, 0) is 14.3 Å². The first-order chi connectivity index (χ1) is 11.3. The van der Waals surface area contributed by atoms with Crippen LogP contribution in [0.3, 0.4) is 0 Å². The van der Waals surface area contributed by atoms with Crippen molar-refractivity contribution >= 4 is 5.97 Å². The third-order valence-electron chi connectivity index (χ3n) is 6.84. The molecular weight excluding hydrogens is 302 g/mol. The molecule has 3 fully saturated rings. The lowest BCUT2D eigenvalue weighted by Gasteiger charge is -2.43. The highest BCUT2D eigenvalue weighted by atomic mass is 16.7. The van der Waals surface area contributed by atoms with Crippen molar-refractivity contribution in [2.24, 2.45) is 23.2 Å². The summed E-state index contributed by atoms with van der Waals surface area (Å²) in [4.78, 5) is 14.5. The molecule has 0 aromatic carbocycles. The minimum atomic E-state index is -0.382. The van der Waals surface area contributed by atoms with E-state index in [1.807, 2.05) is 0 Å². The van der Waals surface area contributed by atoms with Gasteiger partial charge in [-0.1, -0.05) is 34.1 Å². The molecule has 2 heterocycles. The number of cyclic esters (lactones) is 1. The molecule has 0 amide bonds. The van der Waals surface area contributed by atoms with Gasteiger partial charge in [0.2, 0.25) is 6.29 Å². The van der Waals surface area contributed by atoms with Crippen molar-refractivity contribution in [3.8, 4) is 0 Å². The predicted octanol–water partition coefficient (Wildman–Crippen LogP) is 3.84. The van der Waals surface area contributed by atoms with Gasteiger partial charge in [0, 0.05) is 6.04 Å². The third-order valence-corrected chi connectivity index (χ3v) is 6.84. The minimum absolute atomic E-state index is 0.0900. The highest BCUT2D eigenvalue weighted by molar-refractivity contribution is 5.73. The number of hydrogen-bond donors (Lipinski definition) is 0. The lowest BCUT2D eigenvalue weighted by atomic mass is 9.74. The third kappa shape index (κ3) is 3.37. The molecule has 1 saturated carbocycles. The Labute approximate surface area is 147 Å². The van der Waals surface area contributed by atoms with E-state index in [1.165, 1.54) is 19.3 Å². The average Bonchev–Trinajstić information content (AvgIpc) is 3.03. The molecule has 4 nitrogen and oxygen atoms in total. The van der Waals surface area contributed by atoms with Crippen LogP contribution >= 0.6 is 0 Å². The van der Waals surface area contributed by atoms with Gasteiger partial charge in [0.15, 0.2) is 0 Å². The summed E-state index contributed by atoms with van der Waals surface area (Å²) in [5, 5.41) is 0. The lowest BCUT2D eigenvalue weighted by molar-refractivity contribution is -0.217. The molecule has 6 atom stereocenters. The predicted molar refractivity (Wildman–Crippen MR) is 94.5 cm³/mol. The SMILES string of the molecule is CC(C)[C@@H]1CC[C@@H](C)C[C@H]1O[C@H]1OC(=O)C[C@]1(C)[C@H]1CCCN1C. The summed E-state index contributed by atoms with van der Waals surface area (Å²) >= 11 is 0. The van der Waals surface area contributed by atoms with Gasteiger partial charge >= 0.3 is 5.97 Å². The second-order valence-electron chi connectivity index (χ2n) is 9.14. The second kappa shape index (κ2) is 6.95. The number of rotatable bonds is 4. The van der Waals surface area contributed by atoms with Gasteiger partial charge in [-0.05, 0) is 57.0 Å². The van der Waals surface area contributed by atoms with E-state index in [-0.39, 0.29) is 23.8 Å². The van der Waals surface area contributed by atoms with Crippen molar-refractivity contribution in [2.75, 3.05) is 13.6 Å². The zero-order valence-corrected chi connectivity index (χ0v) is 16.1. The maximum Gasteiger partial charge on any atom is 0.308 e. The van der Waals surface area contributed by atoms with E-state index in [2.05, 4.69) is 39.6 Å². The Balaban J connectivity index is 1.77. The monoisotopic (exact) mass is 337 g/mol. The molecule has 138 valence electrons. The Morgan fingerprint density at radius 3 is 2.67 bits per heavy atom. The summed E-state index contributed by atoms with van der Waals surface area (Å²) in [5.41, 5.74) is -0.218. The van der Waals surface area contributed by atoms with Gasteiger partial charge in [-0.2, -0.15) is 0 Å². The van der Waals surface area contributed by atoms with Crippen LogP contribution in [-0.4, -0.2) is 42.9 Å². The summed E-state index contributed by atoms with van der Waals surface area (Å²) in [5.74, 6) is 1.79. The van der Waals surface area contributed by atoms with Gasteiger partial charge in [-0.15, -0.1) is 0 Å². The Kier molecular flexibility index (Phi) is 5.27. The maximum atomic E-state index is 12.1. The van der Waals surface area contributed by atoms with E-state index in [0.29, 0.717) is 30.2 Å². The summed E-state index contributed by atoms with van der Waals surface area (Å²) in [6.45, 7) is 10.2. The van der Waals surface area contributed by atoms with Crippen molar-refractivity contribution in [1.82, 2.24) is 4.90 Å². The number of nitrogens with zero attached hydrogens (tertiary/aromatic N) is 1. The number of esters is 1. The summed E-state index contributed by atoms with van der Waals surface area (Å²) in [7, 11) is 2.17. The first-order valence-electron chi connectivity index (χ1n) is 9.86. The molecule has 0 radical (unpaired) electrons. The molecule has 4 heteroatoms. The first kappa shape index (κ1) is 18.2. The van der Waals surface area contributed by atoms with Crippen LogP contribution in [0, 0.1) is 23.2 Å². The number of hydrogen-bond acceptors (Lipinski definition) is 4. The first-order valence-corrected chi connectivity index (χ1v) is 9.86. The summed E-state index contributed by atoms with van der Waals surface area (Å²) in [6, 6.07) is 0.382. The Morgan fingerprint density at radius 1 is 1.29 bits per heavy atom. The Bertz CT molecular complexity index is 466. The molecular formula is C20H35NO3. The van der Waals surface area contributed by atoms with Gasteiger partial charge in [-0.25, -0.2) is 0 Å². The van der Waals surface area contributed by atoms with Crippen LogP contribution < -0.4 is 0 Å². The van der Waals surface area contributed by atoms with E-state index in [1.54, 1.807) is 0 Å². The average molecular weight is 338 g/mol. The van der Waals surface area contributed by atoms with Crippen LogP contribution in [0.4, 0.5) is 0 Å². The molecule has 1 aliphatic carbocycles. The van der Waals surface area contributed by atoms with E-state index < -0.39 is 0 Å². The van der Waals surface area contributed by atoms with Crippen LogP contribution in [0.5, 0.6) is 0 Å².